The molecule has 2 rings (SSSR count). The van der Waals surface area contributed by atoms with Gasteiger partial charge < -0.3 is 4.98 Å². The molecule has 1 nitrogen and oxygen atoms in total. The number of benzene rings is 1. The van der Waals surface area contributed by atoms with Gasteiger partial charge in [0.25, 0.3) is 0 Å². The van der Waals surface area contributed by atoms with Gasteiger partial charge in [-0.15, -0.1) is 6.42 Å². The summed E-state index contributed by atoms with van der Waals surface area (Å²) in [6.07, 6.45) is 7.21. The van der Waals surface area contributed by atoms with E-state index >= 15 is 0 Å². The quantitative estimate of drug-likeness (QED) is 0.541. The number of terminal acetylenes is 1. The number of aromatic nitrogens is 1. The van der Waals surface area contributed by atoms with Crippen LogP contribution in [0, 0.1) is 12.3 Å². The highest BCUT2D eigenvalue weighted by Crippen LogP contribution is 2.15. The fourth-order valence-corrected chi connectivity index (χ4v) is 1.21. The number of fused-ring (bicyclic) bond motifs is 1. The Morgan fingerprint density at radius 3 is 3.00 bits per heavy atom. The molecule has 1 heteroatoms. The molecular formula is C10H7N. The Bertz CT molecular complexity index is 418. The molecule has 0 atom stereocenters. The van der Waals surface area contributed by atoms with E-state index in [1.54, 1.807) is 0 Å². The Labute approximate surface area is 65.1 Å². The summed E-state index contributed by atoms with van der Waals surface area (Å²) in [5.41, 5.74) is 2.05. The van der Waals surface area contributed by atoms with Crippen LogP contribution in [0.5, 0.6) is 0 Å². The molecule has 0 bridgehead atoms. The highest BCUT2D eigenvalue weighted by Gasteiger charge is 1.96. The third kappa shape index (κ3) is 0.805. The summed E-state index contributed by atoms with van der Waals surface area (Å²) >= 11 is 0. The maximum Gasteiger partial charge on any atom is 0.0466 e. The summed E-state index contributed by atoms with van der Waals surface area (Å²) in [5.74, 6) is 2.64. The van der Waals surface area contributed by atoms with Crippen LogP contribution in [-0.2, 0) is 0 Å². The van der Waals surface area contributed by atoms with Crippen LogP contribution in [0.3, 0.4) is 0 Å². The van der Waals surface area contributed by atoms with Crippen LogP contribution >= 0.6 is 0 Å². The lowest BCUT2D eigenvalue weighted by Crippen LogP contribution is -1.73. The number of nitrogens with one attached hydrogen (secondary N) is 1. The average molecular weight is 141 g/mol. The average Bonchev–Trinajstić information content (AvgIpc) is 2.50. The molecule has 2 aromatic rings. The summed E-state index contributed by atoms with van der Waals surface area (Å²) in [5, 5.41) is 1.12. The lowest BCUT2D eigenvalue weighted by Gasteiger charge is -1.91. The first-order valence-electron chi connectivity index (χ1n) is 3.44. The zero-order valence-corrected chi connectivity index (χ0v) is 5.96. The predicted octanol–water partition coefficient (Wildman–Crippen LogP) is 2.15. The molecule has 0 amide bonds. The highest BCUT2D eigenvalue weighted by atomic mass is 14.7. The minimum absolute atomic E-state index is 0.948. The monoisotopic (exact) mass is 141 g/mol. The zero-order chi connectivity index (χ0) is 7.68. The van der Waals surface area contributed by atoms with Gasteiger partial charge in [0.1, 0.15) is 0 Å². The maximum absolute atomic E-state index is 5.31. The van der Waals surface area contributed by atoms with Crippen molar-refractivity contribution in [3.05, 3.63) is 36.0 Å². The third-order valence-electron chi connectivity index (χ3n) is 1.75. The van der Waals surface area contributed by atoms with Gasteiger partial charge in [-0.2, -0.15) is 0 Å². The molecule has 11 heavy (non-hydrogen) atoms. The first-order valence-corrected chi connectivity index (χ1v) is 3.44. The Morgan fingerprint density at radius 1 is 1.27 bits per heavy atom. The Balaban J connectivity index is 2.92. The van der Waals surface area contributed by atoms with Crippen molar-refractivity contribution in [3.63, 3.8) is 0 Å². The maximum atomic E-state index is 5.31. The van der Waals surface area contributed by atoms with Crippen molar-refractivity contribution in [2.24, 2.45) is 0 Å². The van der Waals surface area contributed by atoms with Gasteiger partial charge in [0.15, 0.2) is 0 Å². The number of hydrogen-bond acceptors (Lipinski definition) is 0. The van der Waals surface area contributed by atoms with Crippen LogP contribution in [0.4, 0.5) is 0 Å². The Morgan fingerprint density at radius 2 is 2.18 bits per heavy atom. The zero-order valence-electron chi connectivity index (χ0n) is 5.96. The third-order valence-corrected chi connectivity index (χ3v) is 1.75. The van der Waals surface area contributed by atoms with Gasteiger partial charge in [0, 0.05) is 22.7 Å². The highest BCUT2D eigenvalue weighted by molar-refractivity contribution is 5.85. The standard InChI is InChI=1S/C10H7N/c1-2-8-4-3-5-10-9(8)6-7-11-10/h1,3-7,11H. The van der Waals surface area contributed by atoms with Crippen molar-refractivity contribution in [2.75, 3.05) is 0 Å². The van der Waals surface area contributed by atoms with Gasteiger partial charge in [-0.25, -0.2) is 0 Å². The van der Waals surface area contributed by atoms with E-state index in [4.69, 9.17) is 6.42 Å². The second kappa shape index (κ2) is 2.17. The van der Waals surface area contributed by atoms with E-state index in [0.717, 1.165) is 16.5 Å². The van der Waals surface area contributed by atoms with Crippen LogP contribution in [0.15, 0.2) is 30.5 Å². The molecule has 0 fully saturated rings. The molecule has 1 aromatic heterocycles. The van der Waals surface area contributed by atoms with E-state index in [9.17, 15) is 0 Å². The summed E-state index contributed by atoms with van der Waals surface area (Å²) in [7, 11) is 0. The molecule has 0 aliphatic rings. The van der Waals surface area contributed by atoms with Gasteiger partial charge >= 0.3 is 0 Å². The van der Waals surface area contributed by atoms with E-state index in [1.165, 1.54) is 0 Å². The predicted molar refractivity (Wildman–Crippen MR) is 46.2 cm³/mol. The molecule has 0 unspecified atom stereocenters. The molecule has 52 valence electrons. The molecule has 1 heterocycles. The van der Waals surface area contributed by atoms with Crippen molar-refractivity contribution in [2.45, 2.75) is 0 Å². The molecule has 0 radical (unpaired) electrons. The van der Waals surface area contributed by atoms with Crippen molar-refractivity contribution < 1.29 is 0 Å². The topological polar surface area (TPSA) is 15.8 Å². The van der Waals surface area contributed by atoms with Gasteiger partial charge in [-0.3, -0.25) is 0 Å². The normalized spacial score (nSPS) is 9.73. The minimum atomic E-state index is 0.948. The lowest BCUT2D eigenvalue weighted by atomic mass is 10.1. The van der Waals surface area contributed by atoms with E-state index < -0.39 is 0 Å². The molecule has 0 aliphatic carbocycles. The first kappa shape index (κ1) is 6.06. The Kier molecular flexibility index (Phi) is 1.20. The first-order chi connectivity index (χ1) is 5.42. The second-order valence-corrected chi connectivity index (χ2v) is 2.39. The van der Waals surface area contributed by atoms with Gasteiger partial charge in [0.05, 0.1) is 0 Å². The minimum Gasteiger partial charge on any atom is -0.361 e. The van der Waals surface area contributed by atoms with Crippen molar-refractivity contribution in [1.82, 2.24) is 4.98 Å². The van der Waals surface area contributed by atoms with E-state index in [1.807, 2.05) is 30.5 Å². The van der Waals surface area contributed by atoms with Crippen LogP contribution in [0.25, 0.3) is 10.9 Å². The number of aromatic amines is 1. The van der Waals surface area contributed by atoms with Crippen LogP contribution in [0.1, 0.15) is 5.56 Å². The van der Waals surface area contributed by atoms with E-state index in [-0.39, 0.29) is 0 Å². The Hall–Kier alpha value is -1.68. The SMILES string of the molecule is C#Cc1cccc2[nH]ccc12. The van der Waals surface area contributed by atoms with Crippen LogP contribution in [-0.4, -0.2) is 4.98 Å². The van der Waals surface area contributed by atoms with Crippen LogP contribution < -0.4 is 0 Å². The molecule has 0 aliphatic heterocycles. The molecule has 0 spiro atoms. The van der Waals surface area contributed by atoms with Crippen molar-refractivity contribution >= 4 is 10.9 Å². The van der Waals surface area contributed by atoms with E-state index in [0.29, 0.717) is 0 Å². The summed E-state index contributed by atoms with van der Waals surface area (Å²) in [6, 6.07) is 7.89. The van der Waals surface area contributed by atoms with Gasteiger partial charge in [0.2, 0.25) is 0 Å². The largest absolute Gasteiger partial charge is 0.361 e. The number of H-pyrrole nitrogens is 1. The fourth-order valence-electron chi connectivity index (χ4n) is 1.21. The lowest BCUT2D eigenvalue weighted by molar-refractivity contribution is 1.48. The van der Waals surface area contributed by atoms with Crippen molar-refractivity contribution in [1.29, 1.82) is 0 Å². The summed E-state index contributed by atoms with van der Waals surface area (Å²) in [4.78, 5) is 3.10. The number of rotatable bonds is 0. The summed E-state index contributed by atoms with van der Waals surface area (Å²) < 4.78 is 0. The van der Waals surface area contributed by atoms with Gasteiger partial charge in [-0.05, 0) is 18.2 Å². The smallest absolute Gasteiger partial charge is 0.0466 e. The fraction of sp³-hybridized carbons (Fsp3) is 0. The van der Waals surface area contributed by atoms with E-state index in [2.05, 4.69) is 10.9 Å². The molecule has 0 saturated carbocycles. The molecule has 0 saturated heterocycles. The number of hydrogen-bond donors (Lipinski definition) is 1. The van der Waals surface area contributed by atoms with Crippen LogP contribution in [0.2, 0.25) is 0 Å². The molecular weight excluding hydrogens is 134 g/mol. The summed E-state index contributed by atoms with van der Waals surface area (Å²) in [6.45, 7) is 0. The van der Waals surface area contributed by atoms with Crippen molar-refractivity contribution in [3.8, 4) is 12.3 Å². The second-order valence-electron chi connectivity index (χ2n) is 2.39. The molecule has 1 N–H and O–H groups in total. The van der Waals surface area contributed by atoms with Gasteiger partial charge in [-0.1, -0.05) is 12.0 Å². The molecule has 1 aromatic carbocycles.